The number of likely N-dealkylation sites (N-methyl/N-ethyl adjacent to an activating group) is 2. The number of hydrogen-bond donors (Lipinski definition) is 2. The van der Waals surface area contributed by atoms with Crippen molar-refractivity contribution < 1.29 is 27.8 Å². The van der Waals surface area contributed by atoms with Gasteiger partial charge < -0.3 is 24.4 Å². The fourth-order valence-electron chi connectivity index (χ4n) is 9.34. The molecule has 1 fully saturated rings. The van der Waals surface area contributed by atoms with Gasteiger partial charge in [-0.2, -0.15) is 10.5 Å². The summed E-state index contributed by atoms with van der Waals surface area (Å²) in [4.78, 5) is 31.1. The van der Waals surface area contributed by atoms with Crippen molar-refractivity contribution in [3.63, 3.8) is 0 Å². The number of benzene rings is 2. The van der Waals surface area contributed by atoms with Gasteiger partial charge in [-0.05, 0) is 120 Å². The molecule has 4 heterocycles. The average molecular weight is 1020 g/mol. The third-order valence-corrected chi connectivity index (χ3v) is 13.4. The Morgan fingerprint density at radius 1 is 0.836 bits per heavy atom. The van der Waals surface area contributed by atoms with Crippen molar-refractivity contribution in [2.24, 2.45) is 27.7 Å². The second-order valence-electron chi connectivity index (χ2n) is 18.0. The molecule has 7 rings (SSSR count). The van der Waals surface area contributed by atoms with Gasteiger partial charge in [0.15, 0.2) is 17.5 Å². The largest absolute Gasteiger partial charge is 0.458 e. The molecule has 2 atom stereocenters. The topological polar surface area (TPSA) is 246 Å². The maximum Gasteiger partial charge on any atom is 0.343 e. The number of carbonyl (C=O) groups excluding carboxylic acids is 1. The van der Waals surface area contributed by atoms with Gasteiger partial charge in [-0.3, -0.25) is 9.13 Å². The van der Waals surface area contributed by atoms with Crippen molar-refractivity contribution in [1.29, 1.82) is 10.5 Å². The Morgan fingerprint density at radius 3 is 1.82 bits per heavy atom. The number of hydrogen-bond acceptors (Lipinski definition) is 16. The molecule has 4 aromatic rings. The van der Waals surface area contributed by atoms with Crippen LogP contribution in [0.5, 0.6) is 0 Å². The van der Waals surface area contributed by atoms with Crippen molar-refractivity contribution in [2.75, 3.05) is 68.6 Å². The van der Waals surface area contributed by atoms with E-state index in [4.69, 9.17) is 31.1 Å². The normalized spacial score (nSPS) is 19.0. The quantitative estimate of drug-likeness (QED) is 0.0601. The summed E-state index contributed by atoms with van der Waals surface area (Å²) >= 11 is 0. The standard InChI is InChI=1S/C29H39N7O4S.C21H23N7O2.C2H6/c1-8-35(12-11-31-41(7,38)39)22-9-10-24(18(3)15-22)32-28-25(23(16-30)27-34-33-21(6)36(27)28)29(37)40-26-19(4)13-17(2)14-20(26)5;1-5-27(8-10-30-11-9-29)16-6-7-18(14(2)12-16)24-21-19(23-4)17(13-22)20-26-25-15(3)28(20)21;1-2/h9-10,15,17,19-20,26,31H,8,11-14H2,1-7H3;6-7,12,29H,5,8-11H2,1-3H3;1-2H3. The second-order valence-corrected chi connectivity index (χ2v) is 19.8. The van der Waals surface area contributed by atoms with Crippen LogP contribution >= 0.6 is 0 Å². The van der Waals surface area contributed by atoms with Crippen LogP contribution in [0.2, 0.25) is 0 Å². The van der Waals surface area contributed by atoms with Crippen LogP contribution in [0.1, 0.15) is 95.7 Å². The van der Waals surface area contributed by atoms with E-state index in [0.717, 1.165) is 48.1 Å². The molecule has 73 heavy (non-hydrogen) atoms. The van der Waals surface area contributed by atoms with Crippen molar-refractivity contribution in [3.8, 4) is 12.1 Å². The van der Waals surface area contributed by atoms with E-state index in [0.29, 0.717) is 73.4 Å². The molecule has 0 saturated heterocycles. The zero-order valence-corrected chi connectivity index (χ0v) is 44.9. The van der Waals surface area contributed by atoms with Crippen molar-refractivity contribution in [1.82, 2.24) is 34.3 Å². The molecule has 1 aliphatic carbocycles. The molecule has 2 unspecified atom stereocenters. The number of aryl methyl sites for hydroxylation is 4. The molecule has 21 heteroatoms. The van der Waals surface area contributed by atoms with Crippen LogP contribution in [0.3, 0.4) is 0 Å². The Hall–Kier alpha value is -7.09. The summed E-state index contributed by atoms with van der Waals surface area (Å²) in [7, 11) is -3.27. The molecular formula is C52H68N14O6S. The van der Waals surface area contributed by atoms with Crippen LogP contribution in [0.25, 0.3) is 16.0 Å². The number of nitrogens with zero attached hydrogens (tertiary/aromatic N) is 13. The summed E-state index contributed by atoms with van der Waals surface area (Å²) in [5.41, 5.74) is 5.65. The number of aliphatic imine (C=N–C) groups is 2. The lowest BCUT2D eigenvalue weighted by Gasteiger charge is -2.37. The van der Waals surface area contributed by atoms with Gasteiger partial charge in [0, 0.05) is 44.1 Å². The van der Waals surface area contributed by atoms with Crippen LogP contribution in [0.4, 0.5) is 22.7 Å². The Morgan fingerprint density at radius 2 is 1.34 bits per heavy atom. The first-order valence-electron chi connectivity index (χ1n) is 24.6. The van der Waals surface area contributed by atoms with Gasteiger partial charge in [0.05, 0.1) is 50.1 Å². The van der Waals surface area contributed by atoms with Gasteiger partial charge in [-0.25, -0.2) is 32.8 Å². The highest BCUT2D eigenvalue weighted by Crippen LogP contribution is 2.38. The van der Waals surface area contributed by atoms with Crippen LogP contribution in [0.15, 0.2) is 57.7 Å². The Kier molecular flexibility index (Phi) is 19.9. The molecule has 2 aliphatic heterocycles. The maximum atomic E-state index is 13.7. The van der Waals surface area contributed by atoms with E-state index in [1.54, 1.807) is 23.0 Å². The molecule has 0 radical (unpaired) electrons. The van der Waals surface area contributed by atoms with Gasteiger partial charge in [-0.1, -0.05) is 34.6 Å². The number of esters is 1. The fourth-order valence-corrected chi connectivity index (χ4v) is 9.80. The number of anilines is 2. The summed E-state index contributed by atoms with van der Waals surface area (Å²) in [5, 5.41) is 44.7. The summed E-state index contributed by atoms with van der Waals surface area (Å²) in [5.74, 6) is 2.76. The van der Waals surface area contributed by atoms with E-state index in [2.05, 4.69) is 79.6 Å². The summed E-state index contributed by atoms with van der Waals surface area (Å²) < 4.78 is 40.2. The van der Waals surface area contributed by atoms with Gasteiger partial charge in [-0.15, -0.1) is 20.4 Å². The monoisotopic (exact) mass is 1020 g/mol. The number of ether oxygens (including phenoxy) is 2. The minimum absolute atomic E-state index is 0.0163. The Balaban J connectivity index is 0.000000274. The number of rotatable bonds is 17. The molecular weight excluding hydrogens is 949 g/mol. The minimum atomic E-state index is -3.27. The molecule has 388 valence electrons. The smallest absolute Gasteiger partial charge is 0.343 e. The Labute approximate surface area is 429 Å². The van der Waals surface area contributed by atoms with E-state index in [9.17, 15) is 23.7 Å². The lowest BCUT2D eigenvalue weighted by molar-refractivity contribution is -0.152. The first-order chi connectivity index (χ1) is 34.9. The highest BCUT2D eigenvalue weighted by molar-refractivity contribution is 7.88. The number of sulfonamides is 1. The maximum absolute atomic E-state index is 13.7. The third kappa shape index (κ3) is 13.1. The third-order valence-electron chi connectivity index (χ3n) is 12.7. The Bertz CT molecular complexity index is 3010. The van der Waals surface area contributed by atoms with Gasteiger partial charge in [0.2, 0.25) is 15.7 Å². The van der Waals surface area contributed by atoms with Crippen LogP contribution in [-0.2, 0) is 24.3 Å². The SMILES string of the molecule is CC.CCN(CCNS(C)(=O)=O)c1ccc(N=C2C(C(=O)OC3C(C)CC(C)CC3C)=C(C#N)c3nnc(C)n32)c(C)c1.[C-]#[N+]C1=C(C#N)c2nnc(C)n2C1=Nc1ccc(N(CC)CCOCCO)cc1C. The number of aromatic nitrogens is 6. The minimum Gasteiger partial charge on any atom is -0.458 e. The van der Waals surface area contributed by atoms with E-state index in [-0.39, 0.29) is 65.2 Å². The number of aliphatic hydroxyl groups excluding tert-OH is 1. The van der Waals surface area contributed by atoms with Crippen molar-refractivity contribution in [2.45, 2.75) is 95.1 Å². The molecule has 1 saturated carbocycles. The fraction of sp³-hybridized carbons (Fsp3) is 0.500. The van der Waals surface area contributed by atoms with Crippen LogP contribution in [-0.4, -0.2) is 126 Å². The van der Waals surface area contributed by atoms with Gasteiger partial charge in [0.25, 0.3) is 0 Å². The summed E-state index contributed by atoms with van der Waals surface area (Å²) in [6, 6.07) is 15.8. The predicted octanol–water partition coefficient (Wildman–Crippen LogP) is 7.26. The van der Waals surface area contributed by atoms with Crippen LogP contribution < -0.4 is 14.5 Å². The number of fused-ring (bicyclic) bond motifs is 2. The molecule has 0 bridgehead atoms. The first-order valence-corrected chi connectivity index (χ1v) is 26.5. The zero-order chi connectivity index (χ0) is 53.7. The molecule has 2 aromatic heterocycles. The van der Waals surface area contributed by atoms with E-state index in [1.807, 2.05) is 71.0 Å². The van der Waals surface area contributed by atoms with Crippen LogP contribution in [0, 0.1) is 74.7 Å². The lowest BCUT2D eigenvalue weighted by atomic mass is 9.75. The highest BCUT2D eigenvalue weighted by Gasteiger charge is 2.41. The first kappa shape index (κ1) is 56.8. The zero-order valence-electron chi connectivity index (χ0n) is 44.1. The number of aliphatic hydroxyl groups is 1. The van der Waals surface area contributed by atoms with Crippen molar-refractivity contribution in [3.05, 3.63) is 93.5 Å². The number of nitrogens with one attached hydrogen (secondary N) is 1. The molecule has 2 aromatic carbocycles. The molecule has 0 amide bonds. The number of allylic oxidation sites excluding steroid dienone is 3. The lowest BCUT2D eigenvalue weighted by Crippen LogP contribution is -2.38. The van der Waals surface area contributed by atoms with E-state index >= 15 is 0 Å². The van der Waals surface area contributed by atoms with E-state index in [1.165, 1.54) is 0 Å². The molecule has 3 aliphatic rings. The summed E-state index contributed by atoms with van der Waals surface area (Å²) in [6.45, 7) is 33.3. The predicted molar refractivity (Wildman–Crippen MR) is 283 cm³/mol. The van der Waals surface area contributed by atoms with E-state index < -0.39 is 16.0 Å². The second kappa shape index (κ2) is 25.5. The average Bonchev–Trinajstić information content (AvgIpc) is 4.10. The number of nitriles is 2. The highest BCUT2D eigenvalue weighted by atomic mass is 32.2. The van der Waals surface area contributed by atoms with Gasteiger partial charge in [0.1, 0.15) is 46.4 Å². The summed E-state index contributed by atoms with van der Waals surface area (Å²) in [6.07, 6.45) is 2.84. The van der Waals surface area contributed by atoms with Gasteiger partial charge >= 0.3 is 5.97 Å². The molecule has 0 spiro atoms. The number of carbonyl (C=O) groups is 1. The van der Waals surface area contributed by atoms with Crippen molar-refractivity contribution >= 4 is 61.6 Å². The molecule has 2 N–H and O–H groups in total. The molecule has 20 nitrogen and oxygen atoms in total.